The molecule has 38 heavy (non-hydrogen) atoms. The predicted octanol–water partition coefficient (Wildman–Crippen LogP) is 8.48. The molecule has 1 aromatic rings. The van der Waals surface area contributed by atoms with Gasteiger partial charge < -0.3 is 0 Å². The number of thioether (sulfide) groups is 1. The molecule has 4 unspecified atom stereocenters. The molecule has 1 aliphatic carbocycles. The summed E-state index contributed by atoms with van der Waals surface area (Å²) in [6.45, 7) is 11.0. The van der Waals surface area contributed by atoms with Crippen LogP contribution in [-0.2, 0) is 9.47 Å². The molecule has 0 fully saturated rings. The fraction of sp³-hybridized carbons (Fsp3) is 0.750. The second-order valence-electron chi connectivity index (χ2n) is 13.6. The molecule has 2 nitrogen and oxygen atoms in total. The van der Waals surface area contributed by atoms with Crippen LogP contribution in [0.2, 0.25) is 29.6 Å². The Morgan fingerprint density at radius 2 is 1.32 bits per heavy atom. The Morgan fingerprint density at radius 1 is 0.763 bits per heavy atom. The molecule has 0 spiro atoms. The van der Waals surface area contributed by atoms with Crippen LogP contribution < -0.4 is 12.6 Å². The van der Waals surface area contributed by atoms with Gasteiger partial charge in [-0.25, -0.2) is 0 Å². The van der Waals surface area contributed by atoms with Crippen molar-refractivity contribution in [2.45, 2.75) is 114 Å². The average molecular weight is 774 g/mol. The first-order valence-electron chi connectivity index (χ1n) is 15.5. The Bertz CT molecular complexity index is 1060. The van der Waals surface area contributed by atoms with Crippen molar-refractivity contribution in [1.82, 2.24) is 0 Å². The third-order valence-electron chi connectivity index (χ3n) is 8.29. The van der Waals surface area contributed by atoms with E-state index in [4.69, 9.17) is 9.47 Å². The van der Waals surface area contributed by atoms with Crippen LogP contribution in [-0.4, -0.2) is 55.2 Å². The van der Waals surface area contributed by atoms with Gasteiger partial charge >= 0.3 is 253 Å². The molecular weight excluding hydrogens is 718 g/mol. The fourth-order valence-corrected chi connectivity index (χ4v) is 19.7. The van der Waals surface area contributed by atoms with Crippen molar-refractivity contribution in [3.05, 3.63) is 24.8 Å². The third-order valence-corrected chi connectivity index (χ3v) is 29.8. The molecule has 2 aliphatic rings. The Hall–Kier alpha value is 0.727. The van der Waals surface area contributed by atoms with Gasteiger partial charge in [0.05, 0.1) is 0 Å². The number of fused-ring (bicyclic) bond motifs is 2. The summed E-state index contributed by atoms with van der Waals surface area (Å²) in [5, 5.41) is 1.73. The van der Waals surface area contributed by atoms with Gasteiger partial charge in [0.2, 0.25) is 0 Å². The summed E-state index contributed by atoms with van der Waals surface area (Å²) in [6.07, 6.45) is 12.6. The van der Waals surface area contributed by atoms with Crippen LogP contribution >= 0.6 is 23.1 Å². The molecule has 2 heterocycles. The van der Waals surface area contributed by atoms with E-state index in [0.717, 1.165) is 25.0 Å². The summed E-state index contributed by atoms with van der Waals surface area (Å²) in [5.74, 6) is 4.42. The fourth-order valence-electron chi connectivity index (χ4n) is 5.70. The molecule has 4 atom stereocenters. The molecule has 0 radical (unpaired) electrons. The van der Waals surface area contributed by atoms with Crippen LogP contribution in [0.4, 0.5) is 0 Å². The van der Waals surface area contributed by atoms with Crippen molar-refractivity contribution in [3.8, 4) is 0 Å². The van der Waals surface area contributed by atoms with Gasteiger partial charge in [-0.2, -0.15) is 0 Å². The minimum atomic E-state index is -2.25. The topological polar surface area (TPSA) is 18.5 Å². The number of hydrogen-bond donors (Lipinski definition) is 0. The molecule has 3 rings (SSSR count). The van der Waals surface area contributed by atoms with Crippen molar-refractivity contribution in [2.24, 2.45) is 17.8 Å². The van der Waals surface area contributed by atoms with Crippen molar-refractivity contribution < 1.29 is 9.47 Å². The van der Waals surface area contributed by atoms with Gasteiger partial charge in [-0.3, -0.25) is 0 Å². The van der Waals surface area contributed by atoms with Crippen LogP contribution in [0, 0.1) is 17.8 Å². The zero-order chi connectivity index (χ0) is 28.1. The zero-order valence-corrected chi connectivity index (χ0v) is 33.5. The standard InChI is InChI=1S/C26H38O2S2.6CH3.2Sn/c1-5-9-19(7-3)11-15-27-23-21-13-17-30-26(21)24(22-14-18-29-25(22)23)28-16-12-20(8-4)10-6-2;;;;;;;;/h13-14,19-21,26H,5-12,15-16H2,1-4H3;6*1H3;;. The summed E-state index contributed by atoms with van der Waals surface area (Å²) in [4.78, 5) is 15.3. The van der Waals surface area contributed by atoms with Crippen molar-refractivity contribution in [1.29, 1.82) is 0 Å². The van der Waals surface area contributed by atoms with Gasteiger partial charge in [0.25, 0.3) is 0 Å². The third kappa shape index (κ3) is 8.40. The van der Waals surface area contributed by atoms with Crippen molar-refractivity contribution in [2.75, 3.05) is 13.2 Å². The van der Waals surface area contributed by atoms with E-state index < -0.39 is 36.8 Å². The SMILES string of the molecule is CCCC(CC)CCOC1=c2c[c]([Sn]([CH3])([CH3])[CH3])sc2=C(OCCC(CC)CCC)C2C=[C]([Sn]([CH3])([CH3])[CH3])SC12. The first-order valence-corrected chi connectivity index (χ1v) is 37.1. The average Bonchev–Trinajstić information content (AvgIpc) is 3.49. The summed E-state index contributed by atoms with van der Waals surface area (Å²) >= 11 is -0.299. The van der Waals surface area contributed by atoms with E-state index in [1.54, 1.807) is 5.81 Å². The van der Waals surface area contributed by atoms with Gasteiger partial charge in [0.1, 0.15) is 0 Å². The van der Waals surface area contributed by atoms with Crippen molar-refractivity contribution in [3.63, 3.8) is 0 Å². The number of ether oxygens (including phenoxy) is 2. The van der Waals surface area contributed by atoms with E-state index >= 15 is 0 Å². The Morgan fingerprint density at radius 3 is 1.79 bits per heavy atom. The molecule has 6 heteroatoms. The van der Waals surface area contributed by atoms with E-state index in [9.17, 15) is 0 Å². The second-order valence-corrected chi connectivity index (χ2v) is 46.6. The minimum absolute atomic E-state index is 0.332. The second kappa shape index (κ2) is 14.8. The molecule has 0 saturated heterocycles. The Kier molecular flexibility index (Phi) is 12.9. The van der Waals surface area contributed by atoms with Gasteiger partial charge in [-0.05, 0) is 0 Å². The van der Waals surface area contributed by atoms with Crippen LogP contribution in [0.3, 0.4) is 0 Å². The molecule has 0 aromatic carbocycles. The summed E-state index contributed by atoms with van der Waals surface area (Å²) in [7, 11) is 0. The van der Waals surface area contributed by atoms with Crippen LogP contribution in [0.25, 0.3) is 11.5 Å². The maximum atomic E-state index is 6.88. The zero-order valence-electron chi connectivity index (χ0n) is 26.2. The van der Waals surface area contributed by atoms with Gasteiger partial charge in [0.15, 0.2) is 0 Å². The van der Waals surface area contributed by atoms with Gasteiger partial charge in [0, 0.05) is 0 Å². The molecule has 0 saturated carbocycles. The van der Waals surface area contributed by atoms with E-state index in [1.165, 1.54) is 72.6 Å². The van der Waals surface area contributed by atoms with Crippen LogP contribution in [0.5, 0.6) is 0 Å². The number of thiophene rings is 1. The van der Waals surface area contributed by atoms with Gasteiger partial charge in [-0.1, -0.05) is 0 Å². The van der Waals surface area contributed by atoms with Crippen molar-refractivity contribution >= 4 is 74.3 Å². The summed E-state index contributed by atoms with van der Waals surface area (Å²) in [6, 6.07) is 2.54. The van der Waals surface area contributed by atoms with E-state index in [-0.39, 0.29) is 0 Å². The van der Waals surface area contributed by atoms with Crippen LogP contribution in [0.1, 0.15) is 79.1 Å². The summed E-state index contributed by atoms with van der Waals surface area (Å²) in [5.41, 5.74) is 0. The predicted molar refractivity (Wildman–Crippen MR) is 178 cm³/mol. The molecule has 0 amide bonds. The van der Waals surface area contributed by atoms with E-state index in [0.29, 0.717) is 11.2 Å². The number of rotatable bonds is 16. The first kappa shape index (κ1) is 33.2. The molecule has 1 aromatic heterocycles. The summed E-state index contributed by atoms with van der Waals surface area (Å²) < 4.78 is 18.5. The molecule has 1 aliphatic heterocycles. The van der Waals surface area contributed by atoms with E-state index in [1.807, 2.05) is 11.3 Å². The molecule has 216 valence electrons. The number of hydrogen-bond acceptors (Lipinski definition) is 4. The Balaban J connectivity index is 2.05. The maximum absolute atomic E-state index is 6.88. The molecule has 0 N–H and O–H groups in total. The quantitative estimate of drug-likeness (QED) is 0.157. The monoisotopic (exact) mass is 776 g/mol. The van der Waals surface area contributed by atoms with Gasteiger partial charge in [-0.15, -0.1) is 0 Å². The Labute approximate surface area is 251 Å². The molecular formula is C32H56O2S2Sn2. The van der Waals surface area contributed by atoms with Crippen LogP contribution in [0.15, 0.2) is 15.1 Å². The first-order chi connectivity index (χ1) is 17.9. The molecule has 0 bridgehead atoms. The normalized spacial score (nSPS) is 21.2. The van der Waals surface area contributed by atoms with E-state index in [2.05, 4.69) is 81.2 Å².